The Bertz CT molecular complexity index is 676. The van der Waals surface area contributed by atoms with E-state index in [4.69, 9.17) is 16.3 Å². The highest BCUT2D eigenvalue weighted by atomic mass is 35.5. The van der Waals surface area contributed by atoms with E-state index in [9.17, 15) is 0 Å². The van der Waals surface area contributed by atoms with E-state index >= 15 is 0 Å². The molecule has 1 atom stereocenters. The number of aromatic nitrogens is 3. The van der Waals surface area contributed by atoms with Crippen LogP contribution in [0.25, 0.3) is 0 Å². The van der Waals surface area contributed by atoms with Crippen LogP contribution in [0.5, 0.6) is 5.75 Å². The molecule has 0 bridgehead atoms. The molecule has 2 heterocycles. The van der Waals surface area contributed by atoms with E-state index in [0.717, 1.165) is 22.5 Å². The van der Waals surface area contributed by atoms with Gasteiger partial charge in [-0.05, 0) is 57.1 Å². The molecule has 1 aliphatic rings. The van der Waals surface area contributed by atoms with E-state index < -0.39 is 0 Å². The zero-order chi connectivity index (χ0) is 17.6. The maximum absolute atomic E-state index is 5.88. The molecule has 1 aliphatic heterocycles. The molecule has 0 saturated carbocycles. The van der Waals surface area contributed by atoms with Gasteiger partial charge in [-0.1, -0.05) is 29.8 Å². The van der Waals surface area contributed by atoms with E-state index in [2.05, 4.69) is 22.1 Å². The molecular weight excluding hydrogens is 356 g/mol. The number of halogens is 1. The van der Waals surface area contributed by atoms with Crippen LogP contribution in [0.2, 0.25) is 5.02 Å². The third-order valence-corrected chi connectivity index (χ3v) is 6.02. The molecule has 7 heteroatoms. The third kappa shape index (κ3) is 5.12. The van der Waals surface area contributed by atoms with E-state index in [0.29, 0.717) is 17.7 Å². The summed E-state index contributed by atoms with van der Waals surface area (Å²) >= 11 is 7.66. The maximum atomic E-state index is 5.88. The van der Waals surface area contributed by atoms with Gasteiger partial charge in [0.1, 0.15) is 12.4 Å². The lowest BCUT2D eigenvalue weighted by Crippen LogP contribution is -2.36. The molecule has 3 rings (SSSR count). The SMILES string of the molecule is CN1CCCCC1CCSc1nnc(COc2ccc(Cl)cc2)n1C. The molecule has 1 aromatic carbocycles. The highest BCUT2D eigenvalue weighted by Crippen LogP contribution is 2.23. The number of hydrogen-bond donors (Lipinski definition) is 0. The zero-order valence-corrected chi connectivity index (χ0v) is 16.4. The minimum absolute atomic E-state index is 0.400. The molecule has 136 valence electrons. The second-order valence-electron chi connectivity index (χ2n) is 6.47. The number of rotatable bonds is 7. The molecule has 25 heavy (non-hydrogen) atoms. The Kier molecular flexibility index (Phi) is 6.62. The van der Waals surface area contributed by atoms with E-state index in [1.807, 2.05) is 35.9 Å². The average Bonchev–Trinajstić information content (AvgIpc) is 2.96. The Morgan fingerprint density at radius 2 is 2.00 bits per heavy atom. The number of ether oxygens (including phenoxy) is 1. The van der Waals surface area contributed by atoms with Gasteiger partial charge < -0.3 is 14.2 Å². The van der Waals surface area contributed by atoms with E-state index in [1.165, 1.54) is 32.2 Å². The van der Waals surface area contributed by atoms with Crippen LogP contribution in [0, 0.1) is 0 Å². The summed E-state index contributed by atoms with van der Waals surface area (Å²) in [7, 11) is 4.23. The first-order valence-electron chi connectivity index (χ1n) is 8.73. The van der Waals surface area contributed by atoms with Gasteiger partial charge in [0.2, 0.25) is 0 Å². The fourth-order valence-corrected chi connectivity index (χ4v) is 4.17. The number of hydrogen-bond acceptors (Lipinski definition) is 5. The first-order chi connectivity index (χ1) is 12.1. The fourth-order valence-electron chi connectivity index (χ4n) is 3.07. The van der Waals surface area contributed by atoms with Gasteiger partial charge in [0.15, 0.2) is 11.0 Å². The topological polar surface area (TPSA) is 43.2 Å². The molecule has 1 fully saturated rings. The van der Waals surface area contributed by atoms with Crippen molar-refractivity contribution in [3.63, 3.8) is 0 Å². The molecule has 0 aliphatic carbocycles. The Hall–Kier alpha value is -1.24. The van der Waals surface area contributed by atoms with Gasteiger partial charge >= 0.3 is 0 Å². The number of nitrogens with zero attached hydrogens (tertiary/aromatic N) is 4. The minimum atomic E-state index is 0.400. The number of thioether (sulfide) groups is 1. The van der Waals surface area contributed by atoms with Crippen LogP contribution in [0.4, 0.5) is 0 Å². The Labute approximate surface area is 158 Å². The second-order valence-corrected chi connectivity index (χ2v) is 7.97. The maximum Gasteiger partial charge on any atom is 0.191 e. The molecular formula is C18H25ClN4OS. The highest BCUT2D eigenvalue weighted by Gasteiger charge is 2.19. The average molecular weight is 381 g/mol. The second kappa shape index (κ2) is 8.92. The quantitative estimate of drug-likeness (QED) is 0.679. The van der Waals surface area contributed by atoms with Crippen LogP contribution in [0.1, 0.15) is 31.5 Å². The van der Waals surface area contributed by atoms with Gasteiger partial charge in [-0.3, -0.25) is 0 Å². The smallest absolute Gasteiger partial charge is 0.191 e. The first-order valence-corrected chi connectivity index (χ1v) is 10.1. The standard InChI is InChI=1S/C18H25ClN4OS/c1-22-11-4-3-5-15(22)10-12-25-18-21-20-17(23(18)2)13-24-16-8-6-14(19)7-9-16/h6-9,15H,3-5,10-13H2,1-2H3. The van der Waals surface area contributed by atoms with Crippen LogP contribution in [-0.4, -0.2) is 45.1 Å². The van der Waals surface area contributed by atoms with E-state index in [1.54, 1.807) is 11.8 Å². The highest BCUT2D eigenvalue weighted by molar-refractivity contribution is 7.99. The van der Waals surface area contributed by atoms with Gasteiger partial charge in [-0.15, -0.1) is 10.2 Å². The summed E-state index contributed by atoms with van der Waals surface area (Å²) < 4.78 is 7.78. The lowest BCUT2D eigenvalue weighted by atomic mass is 10.0. The normalized spacial score (nSPS) is 18.4. The van der Waals surface area contributed by atoms with Crippen molar-refractivity contribution in [1.29, 1.82) is 0 Å². The summed E-state index contributed by atoms with van der Waals surface area (Å²) in [6.07, 6.45) is 5.21. The van der Waals surface area contributed by atoms with Crippen molar-refractivity contribution in [3.05, 3.63) is 35.1 Å². The lowest BCUT2D eigenvalue weighted by Gasteiger charge is -2.32. The summed E-state index contributed by atoms with van der Waals surface area (Å²) in [6.45, 7) is 1.63. The third-order valence-electron chi connectivity index (χ3n) is 4.71. The number of piperidine rings is 1. The van der Waals surface area contributed by atoms with Gasteiger partial charge in [-0.25, -0.2) is 0 Å². The van der Waals surface area contributed by atoms with Gasteiger partial charge in [-0.2, -0.15) is 0 Å². The van der Waals surface area contributed by atoms with Gasteiger partial charge in [0.05, 0.1) is 0 Å². The summed E-state index contributed by atoms with van der Waals surface area (Å²) in [6, 6.07) is 8.06. The number of likely N-dealkylation sites (tertiary alicyclic amines) is 1. The van der Waals surface area contributed by atoms with Gasteiger partial charge in [0.25, 0.3) is 0 Å². The van der Waals surface area contributed by atoms with Crippen molar-refractivity contribution in [2.45, 2.75) is 43.5 Å². The summed E-state index contributed by atoms with van der Waals surface area (Å²) in [5, 5.41) is 10.2. The summed E-state index contributed by atoms with van der Waals surface area (Å²) in [4.78, 5) is 2.49. The fraction of sp³-hybridized carbons (Fsp3) is 0.556. The van der Waals surface area contributed by atoms with Crippen LogP contribution in [-0.2, 0) is 13.7 Å². The molecule has 0 spiro atoms. The zero-order valence-electron chi connectivity index (χ0n) is 14.8. The largest absolute Gasteiger partial charge is 0.486 e. The Balaban J connectivity index is 1.48. The predicted octanol–water partition coefficient (Wildman–Crippen LogP) is 4.01. The van der Waals surface area contributed by atoms with Crippen molar-refractivity contribution in [3.8, 4) is 5.75 Å². The number of benzene rings is 1. The molecule has 1 unspecified atom stereocenters. The van der Waals surface area contributed by atoms with Gasteiger partial charge in [0, 0.05) is 23.9 Å². The summed E-state index contributed by atoms with van der Waals surface area (Å²) in [5.41, 5.74) is 0. The molecule has 0 amide bonds. The molecule has 1 aromatic heterocycles. The van der Waals surface area contributed by atoms with Crippen molar-refractivity contribution in [2.75, 3.05) is 19.3 Å². The molecule has 1 saturated heterocycles. The lowest BCUT2D eigenvalue weighted by molar-refractivity contribution is 0.182. The predicted molar refractivity (Wildman–Crippen MR) is 102 cm³/mol. The van der Waals surface area contributed by atoms with Crippen molar-refractivity contribution >= 4 is 23.4 Å². The van der Waals surface area contributed by atoms with E-state index in [-0.39, 0.29) is 0 Å². The van der Waals surface area contributed by atoms with Crippen LogP contribution in [0.3, 0.4) is 0 Å². The Morgan fingerprint density at radius 1 is 1.20 bits per heavy atom. The summed E-state index contributed by atoms with van der Waals surface area (Å²) in [5.74, 6) is 2.67. The molecule has 2 aromatic rings. The van der Waals surface area contributed by atoms with Crippen LogP contribution < -0.4 is 4.74 Å². The van der Waals surface area contributed by atoms with Crippen LogP contribution >= 0.6 is 23.4 Å². The van der Waals surface area contributed by atoms with Crippen molar-refractivity contribution in [1.82, 2.24) is 19.7 Å². The Morgan fingerprint density at radius 3 is 2.76 bits per heavy atom. The van der Waals surface area contributed by atoms with Crippen molar-refractivity contribution in [2.24, 2.45) is 7.05 Å². The molecule has 0 N–H and O–H groups in total. The monoisotopic (exact) mass is 380 g/mol. The molecule has 5 nitrogen and oxygen atoms in total. The van der Waals surface area contributed by atoms with Crippen LogP contribution in [0.15, 0.2) is 29.4 Å². The minimum Gasteiger partial charge on any atom is -0.486 e. The molecule has 0 radical (unpaired) electrons. The van der Waals surface area contributed by atoms with Crippen molar-refractivity contribution < 1.29 is 4.74 Å². The first kappa shape index (κ1) is 18.5.